The van der Waals surface area contributed by atoms with Gasteiger partial charge in [-0.3, -0.25) is 4.79 Å². The van der Waals surface area contributed by atoms with Gasteiger partial charge in [-0.15, -0.1) is 12.4 Å². The van der Waals surface area contributed by atoms with Crippen LogP contribution in [-0.2, 0) is 4.79 Å². The Balaban J connectivity index is 0.00000147. The maximum atomic E-state index is 12.6. The lowest BCUT2D eigenvalue weighted by molar-refractivity contribution is -0.134. The zero-order valence-corrected chi connectivity index (χ0v) is 12.9. The number of nitrogens with one attached hydrogen (secondary N) is 1. The summed E-state index contributed by atoms with van der Waals surface area (Å²) in [7, 11) is 0. The van der Waals surface area contributed by atoms with Gasteiger partial charge in [0.1, 0.15) is 0 Å². The molecule has 0 aromatic heterocycles. The summed E-state index contributed by atoms with van der Waals surface area (Å²) in [5.74, 6) is 0.250. The molecule has 2 fully saturated rings. The maximum absolute atomic E-state index is 12.6. The van der Waals surface area contributed by atoms with Crippen molar-refractivity contribution in [1.82, 2.24) is 10.2 Å². The third kappa shape index (κ3) is 2.95. The molecule has 0 bridgehead atoms. The van der Waals surface area contributed by atoms with E-state index in [1.54, 1.807) is 0 Å². The van der Waals surface area contributed by atoms with Gasteiger partial charge in [-0.2, -0.15) is 0 Å². The van der Waals surface area contributed by atoms with E-state index >= 15 is 0 Å². The number of benzene rings is 1. The number of rotatable bonds is 2. The molecule has 5 heteroatoms. The molecule has 2 aliphatic rings. The summed E-state index contributed by atoms with van der Waals surface area (Å²) in [4.78, 5) is 14.6. The van der Waals surface area contributed by atoms with E-state index in [4.69, 9.17) is 11.6 Å². The SMILES string of the molecule is Cl.O=C([C@@H]1CCCN1)N1CCCC1c1ccccc1Cl. The molecule has 1 N–H and O–H groups in total. The highest BCUT2D eigenvalue weighted by Crippen LogP contribution is 2.36. The fraction of sp³-hybridized carbons (Fsp3) is 0.533. The first-order valence-corrected chi connectivity index (χ1v) is 7.43. The van der Waals surface area contributed by atoms with Gasteiger partial charge >= 0.3 is 0 Å². The van der Waals surface area contributed by atoms with Crippen LogP contribution in [0.4, 0.5) is 0 Å². The second kappa shape index (κ2) is 6.79. The van der Waals surface area contributed by atoms with Crippen molar-refractivity contribution in [1.29, 1.82) is 0 Å². The lowest BCUT2D eigenvalue weighted by Crippen LogP contribution is -2.43. The Labute approximate surface area is 131 Å². The summed E-state index contributed by atoms with van der Waals surface area (Å²) in [6.07, 6.45) is 4.14. The molecule has 0 radical (unpaired) electrons. The number of hydrogen-bond donors (Lipinski definition) is 1. The van der Waals surface area contributed by atoms with Crippen molar-refractivity contribution in [2.75, 3.05) is 13.1 Å². The first kappa shape index (κ1) is 15.6. The summed E-state index contributed by atoms with van der Waals surface area (Å²) < 4.78 is 0. The molecule has 2 saturated heterocycles. The van der Waals surface area contributed by atoms with E-state index in [0.29, 0.717) is 0 Å². The number of likely N-dealkylation sites (tertiary alicyclic amines) is 1. The molecule has 2 aliphatic heterocycles. The average molecular weight is 315 g/mol. The van der Waals surface area contributed by atoms with Crippen LogP contribution in [0.2, 0.25) is 5.02 Å². The van der Waals surface area contributed by atoms with Crippen LogP contribution in [0.1, 0.15) is 37.3 Å². The van der Waals surface area contributed by atoms with E-state index in [9.17, 15) is 4.79 Å². The van der Waals surface area contributed by atoms with Crippen LogP contribution in [0.5, 0.6) is 0 Å². The summed E-state index contributed by atoms with van der Waals surface area (Å²) in [6, 6.07) is 8.06. The maximum Gasteiger partial charge on any atom is 0.240 e. The standard InChI is InChI=1S/C15H19ClN2O.ClH/c16-12-6-2-1-5-11(12)14-8-4-10-18(14)15(19)13-7-3-9-17-13;/h1-2,5-6,13-14,17H,3-4,7-10H2;1H/t13-,14?;/m0./s1. The smallest absolute Gasteiger partial charge is 0.240 e. The van der Waals surface area contributed by atoms with Crippen molar-refractivity contribution in [3.8, 4) is 0 Å². The van der Waals surface area contributed by atoms with E-state index < -0.39 is 0 Å². The lowest BCUT2D eigenvalue weighted by Gasteiger charge is -2.28. The van der Waals surface area contributed by atoms with Crippen LogP contribution >= 0.6 is 24.0 Å². The van der Waals surface area contributed by atoms with E-state index in [1.807, 2.05) is 29.2 Å². The highest BCUT2D eigenvalue weighted by atomic mass is 35.5. The van der Waals surface area contributed by atoms with Gasteiger partial charge in [0.25, 0.3) is 0 Å². The Morgan fingerprint density at radius 3 is 2.75 bits per heavy atom. The quantitative estimate of drug-likeness (QED) is 0.909. The third-order valence-corrected chi connectivity index (χ3v) is 4.50. The molecule has 3 nitrogen and oxygen atoms in total. The summed E-state index contributed by atoms with van der Waals surface area (Å²) in [5, 5.41) is 4.07. The summed E-state index contributed by atoms with van der Waals surface area (Å²) in [5.41, 5.74) is 1.09. The Morgan fingerprint density at radius 2 is 2.05 bits per heavy atom. The molecule has 2 heterocycles. The van der Waals surface area contributed by atoms with Crippen molar-refractivity contribution >= 4 is 29.9 Å². The Morgan fingerprint density at radius 1 is 1.25 bits per heavy atom. The van der Waals surface area contributed by atoms with Gasteiger partial charge in [0.15, 0.2) is 0 Å². The van der Waals surface area contributed by atoms with Crippen molar-refractivity contribution in [3.05, 3.63) is 34.9 Å². The van der Waals surface area contributed by atoms with Crippen LogP contribution in [0.25, 0.3) is 0 Å². The molecule has 1 aromatic carbocycles. The fourth-order valence-electron chi connectivity index (χ4n) is 3.19. The Bertz CT molecular complexity index is 475. The molecule has 0 saturated carbocycles. The van der Waals surface area contributed by atoms with Gasteiger partial charge < -0.3 is 10.2 Å². The highest BCUT2D eigenvalue weighted by molar-refractivity contribution is 6.31. The molecule has 1 aromatic rings. The van der Waals surface area contributed by atoms with Crippen molar-refractivity contribution in [2.45, 2.75) is 37.8 Å². The third-order valence-electron chi connectivity index (χ3n) is 4.16. The number of carbonyl (C=O) groups excluding carboxylic acids is 1. The Hall–Kier alpha value is -0.770. The van der Waals surface area contributed by atoms with Gasteiger partial charge in [-0.1, -0.05) is 29.8 Å². The number of hydrogen-bond acceptors (Lipinski definition) is 2. The summed E-state index contributed by atoms with van der Waals surface area (Å²) in [6.45, 7) is 1.81. The molecule has 2 atom stereocenters. The molecular formula is C15H20Cl2N2O. The van der Waals surface area contributed by atoms with E-state index in [2.05, 4.69) is 5.32 Å². The van der Waals surface area contributed by atoms with Crippen LogP contribution in [0, 0.1) is 0 Å². The van der Waals surface area contributed by atoms with Crippen molar-refractivity contribution < 1.29 is 4.79 Å². The number of carbonyl (C=O) groups is 1. The predicted molar refractivity (Wildman–Crippen MR) is 83.4 cm³/mol. The highest BCUT2D eigenvalue weighted by Gasteiger charge is 2.35. The second-order valence-electron chi connectivity index (χ2n) is 5.36. The van der Waals surface area contributed by atoms with Crippen molar-refractivity contribution in [3.63, 3.8) is 0 Å². The zero-order chi connectivity index (χ0) is 13.2. The van der Waals surface area contributed by atoms with Crippen LogP contribution < -0.4 is 5.32 Å². The van der Waals surface area contributed by atoms with Gasteiger partial charge in [0, 0.05) is 11.6 Å². The van der Waals surface area contributed by atoms with E-state index in [1.165, 1.54) is 0 Å². The fourth-order valence-corrected chi connectivity index (χ4v) is 3.46. The molecular weight excluding hydrogens is 295 g/mol. The molecule has 0 spiro atoms. The predicted octanol–water partition coefficient (Wildman–Crippen LogP) is 3.18. The van der Waals surface area contributed by atoms with Gasteiger partial charge in [0.05, 0.1) is 12.1 Å². The van der Waals surface area contributed by atoms with Crippen LogP contribution in [-0.4, -0.2) is 29.9 Å². The molecule has 110 valence electrons. The normalized spacial score (nSPS) is 25.6. The lowest BCUT2D eigenvalue weighted by atomic mass is 10.0. The van der Waals surface area contributed by atoms with E-state index in [0.717, 1.165) is 49.4 Å². The molecule has 3 rings (SSSR count). The van der Waals surface area contributed by atoms with Gasteiger partial charge in [0.2, 0.25) is 5.91 Å². The second-order valence-corrected chi connectivity index (χ2v) is 5.77. The first-order valence-electron chi connectivity index (χ1n) is 7.05. The summed E-state index contributed by atoms with van der Waals surface area (Å²) >= 11 is 6.28. The minimum absolute atomic E-state index is 0. The Kier molecular flexibility index (Phi) is 5.30. The first-order chi connectivity index (χ1) is 9.27. The topological polar surface area (TPSA) is 32.3 Å². The van der Waals surface area contributed by atoms with Gasteiger partial charge in [-0.25, -0.2) is 0 Å². The van der Waals surface area contributed by atoms with Gasteiger partial charge in [-0.05, 0) is 43.9 Å². The number of amides is 1. The molecule has 1 amide bonds. The van der Waals surface area contributed by atoms with Crippen molar-refractivity contribution in [2.24, 2.45) is 0 Å². The zero-order valence-electron chi connectivity index (χ0n) is 11.3. The number of nitrogens with zero attached hydrogens (tertiary/aromatic N) is 1. The average Bonchev–Trinajstić information content (AvgIpc) is 3.10. The minimum atomic E-state index is 0. The van der Waals surface area contributed by atoms with Crippen LogP contribution in [0.3, 0.4) is 0 Å². The molecule has 20 heavy (non-hydrogen) atoms. The monoisotopic (exact) mass is 314 g/mol. The van der Waals surface area contributed by atoms with Crippen LogP contribution in [0.15, 0.2) is 24.3 Å². The number of halogens is 2. The van der Waals surface area contributed by atoms with E-state index in [-0.39, 0.29) is 30.4 Å². The minimum Gasteiger partial charge on any atom is -0.334 e. The molecule has 1 unspecified atom stereocenters. The largest absolute Gasteiger partial charge is 0.334 e. The molecule has 0 aliphatic carbocycles.